The van der Waals surface area contributed by atoms with Gasteiger partial charge in [0.1, 0.15) is 19.0 Å². The molecule has 0 radical (unpaired) electrons. The van der Waals surface area contributed by atoms with E-state index in [4.69, 9.17) is 20.0 Å². The molecule has 25 heavy (non-hydrogen) atoms. The summed E-state index contributed by atoms with van der Waals surface area (Å²) in [6.45, 7) is 0.249. The maximum Gasteiger partial charge on any atom is 0.329 e. The minimum absolute atomic E-state index is 0.0253. The number of hydrogen-bond donors (Lipinski definition) is 2. The van der Waals surface area contributed by atoms with E-state index >= 15 is 0 Å². The van der Waals surface area contributed by atoms with Crippen LogP contribution in [-0.4, -0.2) is 30.0 Å². The fraction of sp³-hybridized carbons (Fsp3) is 0.300. The summed E-state index contributed by atoms with van der Waals surface area (Å²) in [5.74, 6) is -0.0945. The number of aliphatic carboxylic acids is 1. The number of carbonyl (C=O) groups is 1. The highest BCUT2D eigenvalue weighted by molar-refractivity contribution is 5.76. The van der Waals surface area contributed by atoms with Gasteiger partial charge in [0.25, 0.3) is 0 Å². The summed E-state index contributed by atoms with van der Waals surface area (Å²) >= 11 is 0. The summed E-state index contributed by atoms with van der Waals surface area (Å²) < 4.78 is 11.3. The average molecular weight is 339 g/mol. The number of fused-ring (bicyclic) bond motifs is 1. The molecule has 0 amide bonds. The van der Waals surface area contributed by atoms with Gasteiger partial charge >= 0.3 is 5.97 Å². The minimum Gasteiger partial charge on any atom is -0.489 e. The predicted octanol–water partition coefficient (Wildman–Crippen LogP) is 3.22. The highest BCUT2D eigenvalue weighted by Gasteiger charge is 2.20. The van der Waals surface area contributed by atoms with Crippen molar-refractivity contribution >= 4 is 12.2 Å². The summed E-state index contributed by atoms with van der Waals surface area (Å²) in [5, 5.41) is 15.9. The van der Waals surface area contributed by atoms with E-state index < -0.39 is 5.97 Å². The van der Waals surface area contributed by atoms with Gasteiger partial charge in [0.15, 0.2) is 0 Å². The van der Waals surface area contributed by atoms with Crippen molar-refractivity contribution < 1.29 is 19.4 Å². The SMILES string of the molecule is N=Cc1ccc(COc2ccc3c(c2)CCC(OCC(=O)O)C3)cc1. The third kappa shape index (κ3) is 4.67. The Bertz CT molecular complexity index is 755. The second-order valence-electron chi connectivity index (χ2n) is 6.17. The molecule has 0 aliphatic heterocycles. The van der Waals surface area contributed by atoms with Crippen molar-refractivity contribution in [3.63, 3.8) is 0 Å². The number of carboxylic acids is 1. The van der Waals surface area contributed by atoms with E-state index in [0.29, 0.717) is 6.61 Å². The molecular formula is C20H21NO4. The Morgan fingerprint density at radius 1 is 1.20 bits per heavy atom. The third-order valence-corrected chi connectivity index (χ3v) is 4.36. The number of aryl methyl sites for hydroxylation is 1. The number of carboxylic acid groups (broad SMARTS) is 1. The van der Waals surface area contributed by atoms with Gasteiger partial charge in [-0.3, -0.25) is 0 Å². The number of ether oxygens (including phenoxy) is 2. The summed E-state index contributed by atoms with van der Waals surface area (Å²) in [6.07, 6.45) is 3.73. The number of nitrogens with one attached hydrogen (secondary N) is 1. The molecule has 2 N–H and O–H groups in total. The van der Waals surface area contributed by atoms with E-state index in [1.54, 1.807) is 0 Å². The Labute approximate surface area is 146 Å². The zero-order valence-electron chi connectivity index (χ0n) is 13.9. The average Bonchev–Trinajstić information content (AvgIpc) is 2.64. The molecule has 0 saturated heterocycles. The molecule has 5 heteroatoms. The van der Waals surface area contributed by atoms with Gasteiger partial charge in [-0.25, -0.2) is 4.79 Å². The highest BCUT2D eigenvalue weighted by Crippen LogP contribution is 2.27. The first-order chi connectivity index (χ1) is 12.1. The normalized spacial score (nSPS) is 16.1. The largest absolute Gasteiger partial charge is 0.489 e. The number of hydrogen-bond acceptors (Lipinski definition) is 4. The fourth-order valence-electron chi connectivity index (χ4n) is 3.00. The number of rotatable bonds is 7. The van der Waals surface area contributed by atoms with Crippen LogP contribution in [0, 0.1) is 5.41 Å². The van der Waals surface area contributed by atoms with Crippen LogP contribution in [0.25, 0.3) is 0 Å². The molecular weight excluding hydrogens is 318 g/mol. The first kappa shape index (κ1) is 17.2. The predicted molar refractivity (Wildman–Crippen MR) is 94.5 cm³/mol. The lowest BCUT2D eigenvalue weighted by Gasteiger charge is -2.24. The molecule has 0 heterocycles. The van der Waals surface area contributed by atoms with Gasteiger partial charge in [0.05, 0.1) is 6.10 Å². The van der Waals surface area contributed by atoms with Crippen LogP contribution >= 0.6 is 0 Å². The quantitative estimate of drug-likeness (QED) is 0.759. The van der Waals surface area contributed by atoms with E-state index in [9.17, 15) is 4.79 Å². The lowest BCUT2D eigenvalue weighted by Crippen LogP contribution is -2.25. The van der Waals surface area contributed by atoms with Gasteiger partial charge in [0.2, 0.25) is 0 Å². The van der Waals surface area contributed by atoms with Crippen molar-refractivity contribution in [2.24, 2.45) is 0 Å². The van der Waals surface area contributed by atoms with Gasteiger partial charge in [-0.05, 0) is 53.6 Å². The van der Waals surface area contributed by atoms with Crippen LogP contribution < -0.4 is 4.74 Å². The maximum atomic E-state index is 10.6. The molecule has 130 valence electrons. The number of benzene rings is 2. The van der Waals surface area contributed by atoms with E-state index in [1.165, 1.54) is 17.3 Å². The molecule has 0 aromatic heterocycles. The molecule has 0 bridgehead atoms. The first-order valence-corrected chi connectivity index (χ1v) is 8.31. The zero-order chi connectivity index (χ0) is 17.6. The van der Waals surface area contributed by atoms with Crippen molar-refractivity contribution in [1.29, 1.82) is 5.41 Å². The van der Waals surface area contributed by atoms with Gasteiger partial charge < -0.3 is 20.0 Å². The Balaban J connectivity index is 1.58. The Morgan fingerprint density at radius 2 is 2.00 bits per heavy atom. The first-order valence-electron chi connectivity index (χ1n) is 8.31. The molecule has 1 atom stereocenters. The Kier molecular flexibility index (Phi) is 5.46. The van der Waals surface area contributed by atoms with Crippen LogP contribution in [0.4, 0.5) is 0 Å². The molecule has 5 nitrogen and oxygen atoms in total. The summed E-state index contributed by atoms with van der Waals surface area (Å²) in [4.78, 5) is 10.6. The molecule has 2 aromatic carbocycles. The van der Waals surface area contributed by atoms with Gasteiger partial charge in [-0.2, -0.15) is 0 Å². The van der Waals surface area contributed by atoms with Crippen molar-refractivity contribution in [1.82, 2.24) is 0 Å². The van der Waals surface area contributed by atoms with Gasteiger partial charge in [-0.1, -0.05) is 30.3 Å². The molecule has 3 rings (SSSR count). The zero-order valence-corrected chi connectivity index (χ0v) is 13.9. The molecule has 2 aromatic rings. The van der Waals surface area contributed by atoms with E-state index in [2.05, 4.69) is 6.07 Å². The summed E-state index contributed by atoms with van der Waals surface area (Å²) in [5.41, 5.74) is 4.37. The Morgan fingerprint density at radius 3 is 2.72 bits per heavy atom. The topological polar surface area (TPSA) is 79.6 Å². The molecule has 0 spiro atoms. The van der Waals surface area contributed by atoms with Crippen LogP contribution in [0.15, 0.2) is 42.5 Å². The van der Waals surface area contributed by atoms with E-state index in [1.807, 2.05) is 36.4 Å². The molecule has 1 aliphatic rings. The second kappa shape index (κ2) is 7.94. The van der Waals surface area contributed by atoms with Gasteiger partial charge in [-0.15, -0.1) is 0 Å². The molecule has 1 aliphatic carbocycles. The standard InChI is InChI=1S/C20H21NO4/c21-11-14-1-3-15(4-2-14)12-24-18-7-5-17-10-19(25-13-20(22)23)8-6-16(17)9-18/h1-5,7,9,11,19,21H,6,8,10,12-13H2,(H,22,23). The lowest BCUT2D eigenvalue weighted by molar-refractivity contribution is -0.144. The Hall–Kier alpha value is -2.66. The minimum atomic E-state index is -0.928. The van der Waals surface area contributed by atoms with Crippen molar-refractivity contribution in [2.45, 2.75) is 32.0 Å². The van der Waals surface area contributed by atoms with E-state index in [0.717, 1.165) is 36.1 Å². The highest BCUT2D eigenvalue weighted by atomic mass is 16.5. The lowest BCUT2D eigenvalue weighted by atomic mass is 9.89. The van der Waals surface area contributed by atoms with Crippen molar-refractivity contribution in [2.75, 3.05) is 6.61 Å². The molecule has 0 saturated carbocycles. The maximum absolute atomic E-state index is 10.6. The van der Waals surface area contributed by atoms with Crippen LogP contribution in [0.1, 0.15) is 28.7 Å². The smallest absolute Gasteiger partial charge is 0.329 e. The van der Waals surface area contributed by atoms with Crippen molar-refractivity contribution in [3.05, 3.63) is 64.7 Å². The van der Waals surface area contributed by atoms with E-state index in [-0.39, 0.29) is 12.7 Å². The molecule has 0 fully saturated rings. The van der Waals surface area contributed by atoms with Crippen LogP contribution in [0.3, 0.4) is 0 Å². The van der Waals surface area contributed by atoms with Crippen molar-refractivity contribution in [3.8, 4) is 5.75 Å². The molecule has 1 unspecified atom stereocenters. The van der Waals surface area contributed by atoms with Gasteiger partial charge in [0, 0.05) is 6.21 Å². The summed E-state index contributed by atoms with van der Waals surface area (Å²) in [7, 11) is 0. The second-order valence-corrected chi connectivity index (χ2v) is 6.17. The van der Waals surface area contributed by atoms with Crippen LogP contribution in [-0.2, 0) is 29.0 Å². The summed E-state index contributed by atoms with van der Waals surface area (Å²) in [6, 6.07) is 13.8. The fourth-order valence-corrected chi connectivity index (χ4v) is 3.00. The van der Waals surface area contributed by atoms with Crippen LogP contribution in [0.2, 0.25) is 0 Å². The monoisotopic (exact) mass is 339 g/mol. The third-order valence-electron chi connectivity index (χ3n) is 4.36. The van der Waals surface area contributed by atoms with Crippen LogP contribution in [0.5, 0.6) is 5.75 Å².